The molecule has 108 valence electrons. The van der Waals surface area contributed by atoms with E-state index in [4.69, 9.17) is 9.47 Å². The number of aromatic nitrogens is 1. The molecule has 0 radical (unpaired) electrons. The van der Waals surface area contributed by atoms with Gasteiger partial charge in [-0.2, -0.15) is 0 Å². The third-order valence-electron chi connectivity index (χ3n) is 3.37. The van der Waals surface area contributed by atoms with Crippen molar-refractivity contribution in [3.05, 3.63) is 28.0 Å². The third kappa shape index (κ3) is 2.43. The lowest BCUT2D eigenvalue weighted by Gasteiger charge is -2.12. The summed E-state index contributed by atoms with van der Waals surface area (Å²) in [6.07, 6.45) is 2.36. The molecule has 0 spiro atoms. The SMILES string of the molecule is CCCCc1c(O)c2cc(OC)cc(OC)c2[nH]c1=O. The van der Waals surface area contributed by atoms with Crippen LogP contribution in [0.1, 0.15) is 25.3 Å². The van der Waals surface area contributed by atoms with Crippen LogP contribution in [0.5, 0.6) is 17.2 Å². The molecule has 2 aromatic rings. The first-order valence-corrected chi connectivity index (χ1v) is 6.62. The summed E-state index contributed by atoms with van der Waals surface area (Å²) >= 11 is 0. The Hall–Kier alpha value is -2.17. The lowest BCUT2D eigenvalue weighted by molar-refractivity contribution is 0.396. The van der Waals surface area contributed by atoms with Crippen LogP contribution in [0, 0.1) is 0 Å². The first-order valence-electron chi connectivity index (χ1n) is 6.62. The third-order valence-corrected chi connectivity index (χ3v) is 3.37. The van der Waals surface area contributed by atoms with E-state index in [1.807, 2.05) is 6.92 Å². The van der Waals surface area contributed by atoms with Crippen molar-refractivity contribution in [2.45, 2.75) is 26.2 Å². The second-order valence-corrected chi connectivity index (χ2v) is 4.64. The molecule has 0 saturated carbocycles. The fourth-order valence-corrected chi connectivity index (χ4v) is 2.23. The zero-order valence-electron chi connectivity index (χ0n) is 11.9. The topological polar surface area (TPSA) is 71.5 Å². The predicted octanol–water partition coefficient (Wildman–Crippen LogP) is 2.59. The molecule has 0 aliphatic heterocycles. The number of methoxy groups -OCH3 is 2. The molecule has 0 unspecified atom stereocenters. The molecule has 1 aromatic heterocycles. The highest BCUT2D eigenvalue weighted by Crippen LogP contribution is 2.35. The van der Waals surface area contributed by atoms with E-state index in [0.717, 1.165) is 12.8 Å². The quantitative estimate of drug-likeness (QED) is 0.881. The van der Waals surface area contributed by atoms with Crippen molar-refractivity contribution in [3.8, 4) is 17.2 Å². The number of H-pyrrole nitrogens is 1. The largest absolute Gasteiger partial charge is 0.507 e. The number of aromatic hydroxyl groups is 1. The maximum Gasteiger partial charge on any atom is 0.255 e. The van der Waals surface area contributed by atoms with E-state index in [1.165, 1.54) is 7.11 Å². The zero-order valence-corrected chi connectivity index (χ0v) is 11.9. The molecule has 0 aliphatic carbocycles. The fourth-order valence-electron chi connectivity index (χ4n) is 2.23. The van der Waals surface area contributed by atoms with Gasteiger partial charge < -0.3 is 19.6 Å². The zero-order chi connectivity index (χ0) is 14.7. The fraction of sp³-hybridized carbons (Fsp3) is 0.400. The van der Waals surface area contributed by atoms with Crippen LogP contribution in [0.3, 0.4) is 0 Å². The summed E-state index contributed by atoms with van der Waals surface area (Å²) in [7, 11) is 3.05. The van der Waals surface area contributed by atoms with Crippen LogP contribution in [-0.4, -0.2) is 24.3 Å². The van der Waals surface area contributed by atoms with Gasteiger partial charge in [0, 0.05) is 11.5 Å². The second-order valence-electron chi connectivity index (χ2n) is 4.64. The van der Waals surface area contributed by atoms with Gasteiger partial charge in [-0.05, 0) is 18.9 Å². The number of hydrogen-bond acceptors (Lipinski definition) is 4. The Labute approximate surface area is 117 Å². The molecule has 1 aromatic carbocycles. The van der Waals surface area contributed by atoms with Gasteiger partial charge in [0.25, 0.3) is 5.56 Å². The number of ether oxygens (including phenoxy) is 2. The van der Waals surface area contributed by atoms with Gasteiger partial charge >= 0.3 is 0 Å². The average Bonchev–Trinajstić information content (AvgIpc) is 2.46. The van der Waals surface area contributed by atoms with Crippen LogP contribution in [-0.2, 0) is 6.42 Å². The summed E-state index contributed by atoms with van der Waals surface area (Å²) in [5.74, 6) is 1.04. The van der Waals surface area contributed by atoms with Crippen molar-refractivity contribution in [1.82, 2.24) is 4.98 Å². The summed E-state index contributed by atoms with van der Waals surface area (Å²) in [6.45, 7) is 2.04. The Morgan fingerprint density at radius 3 is 2.60 bits per heavy atom. The number of rotatable bonds is 5. The van der Waals surface area contributed by atoms with Gasteiger partial charge in [-0.1, -0.05) is 13.3 Å². The molecule has 5 heteroatoms. The highest BCUT2D eigenvalue weighted by Gasteiger charge is 2.15. The van der Waals surface area contributed by atoms with Crippen molar-refractivity contribution >= 4 is 10.9 Å². The number of benzene rings is 1. The van der Waals surface area contributed by atoms with E-state index < -0.39 is 0 Å². The molecule has 0 fully saturated rings. The molecule has 0 atom stereocenters. The van der Waals surface area contributed by atoms with Crippen molar-refractivity contribution in [2.24, 2.45) is 0 Å². The molecule has 2 N–H and O–H groups in total. The van der Waals surface area contributed by atoms with Gasteiger partial charge in [-0.3, -0.25) is 4.79 Å². The van der Waals surface area contributed by atoms with Gasteiger partial charge in [-0.15, -0.1) is 0 Å². The highest BCUT2D eigenvalue weighted by atomic mass is 16.5. The van der Waals surface area contributed by atoms with Gasteiger partial charge in [-0.25, -0.2) is 0 Å². The Bertz CT molecular complexity index is 676. The van der Waals surface area contributed by atoms with E-state index in [2.05, 4.69) is 4.98 Å². The Kier molecular flexibility index (Phi) is 4.17. The van der Waals surface area contributed by atoms with E-state index in [-0.39, 0.29) is 11.3 Å². The molecular weight excluding hydrogens is 258 g/mol. The molecular formula is C15H19NO4. The van der Waals surface area contributed by atoms with Gasteiger partial charge in [0.2, 0.25) is 0 Å². The maximum atomic E-state index is 12.1. The molecule has 20 heavy (non-hydrogen) atoms. The van der Waals surface area contributed by atoms with Crippen LogP contribution in [0.4, 0.5) is 0 Å². The molecule has 2 rings (SSSR count). The van der Waals surface area contributed by atoms with Gasteiger partial charge in [0.15, 0.2) is 0 Å². The molecule has 1 heterocycles. The predicted molar refractivity (Wildman–Crippen MR) is 77.9 cm³/mol. The van der Waals surface area contributed by atoms with E-state index in [0.29, 0.717) is 34.4 Å². The Balaban J connectivity index is 2.73. The van der Waals surface area contributed by atoms with Crippen molar-refractivity contribution < 1.29 is 14.6 Å². The smallest absolute Gasteiger partial charge is 0.255 e. The summed E-state index contributed by atoms with van der Waals surface area (Å²) in [5, 5.41) is 10.9. The summed E-state index contributed by atoms with van der Waals surface area (Å²) in [5.41, 5.74) is 0.623. The van der Waals surface area contributed by atoms with E-state index >= 15 is 0 Å². The molecule has 0 aliphatic rings. The van der Waals surface area contributed by atoms with Crippen LogP contribution in [0.15, 0.2) is 16.9 Å². The van der Waals surface area contributed by atoms with Gasteiger partial charge in [0.1, 0.15) is 17.2 Å². The first-order chi connectivity index (χ1) is 9.62. The van der Waals surface area contributed by atoms with Crippen molar-refractivity contribution in [3.63, 3.8) is 0 Å². The molecule has 0 saturated heterocycles. The van der Waals surface area contributed by atoms with E-state index in [9.17, 15) is 9.90 Å². The van der Waals surface area contributed by atoms with Crippen LogP contribution >= 0.6 is 0 Å². The van der Waals surface area contributed by atoms with Crippen molar-refractivity contribution in [2.75, 3.05) is 14.2 Å². The molecule has 5 nitrogen and oxygen atoms in total. The highest BCUT2D eigenvalue weighted by molar-refractivity contribution is 5.91. The number of hydrogen-bond donors (Lipinski definition) is 2. The standard InChI is InChI=1S/C15H19NO4/c1-4-5-6-10-14(17)11-7-9(19-2)8-12(20-3)13(11)16-15(10)18/h7-8H,4-6H2,1-3H3,(H2,16,17,18). The minimum absolute atomic E-state index is 0.00870. The molecule has 0 bridgehead atoms. The molecule has 0 amide bonds. The lowest BCUT2D eigenvalue weighted by atomic mass is 10.1. The Morgan fingerprint density at radius 2 is 2.00 bits per heavy atom. The average molecular weight is 277 g/mol. The van der Waals surface area contributed by atoms with Crippen LogP contribution in [0.25, 0.3) is 10.9 Å². The first kappa shape index (κ1) is 14.2. The maximum absolute atomic E-state index is 12.1. The second kappa shape index (κ2) is 5.86. The van der Waals surface area contributed by atoms with E-state index in [1.54, 1.807) is 19.2 Å². The summed E-state index contributed by atoms with van der Waals surface area (Å²) < 4.78 is 10.4. The number of pyridine rings is 1. The summed E-state index contributed by atoms with van der Waals surface area (Å²) in [6, 6.07) is 3.36. The number of aromatic amines is 1. The Morgan fingerprint density at radius 1 is 1.25 bits per heavy atom. The number of unbranched alkanes of at least 4 members (excludes halogenated alkanes) is 1. The van der Waals surface area contributed by atoms with Crippen molar-refractivity contribution in [1.29, 1.82) is 0 Å². The normalized spacial score (nSPS) is 10.8. The van der Waals surface area contributed by atoms with Crippen LogP contribution < -0.4 is 15.0 Å². The number of fused-ring (bicyclic) bond motifs is 1. The minimum atomic E-state index is -0.271. The van der Waals surface area contributed by atoms with Crippen LogP contribution in [0.2, 0.25) is 0 Å². The summed E-state index contributed by atoms with van der Waals surface area (Å²) in [4.78, 5) is 14.9. The van der Waals surface area contributed by atoms with Gasteiger partial charge in [0.05, 0.1) is 25.3 Å². The number of nitrogens with one attached hydrogen (secondary N) is 1. The minimum Gasteiger partial charge on any atom is -0.507 e. The lowest BCUT2D eigenvalue weighted by Crippen LogP contribution is -2.13. The monoisotopic (exact) mass is 277 g/mol.